The summed E-state index contributed by atoms with van der Waals surface area (Å²) in [6.45, 7) is 6.49. The molecule has 0 aromatic rings. The summed E-state index contributed by atoms with van der Waals surface area (Å²) in [4.78, 5) is 0. The van der Waals surface area contributed by atoms with Crippen LogP contribution in [0.4, 0.5) is 0 Å². The maximum Gasteiger partial charge on any atom is 0 e. The second kappa shape index (κ2) is 5.09. The topological polar surface area (TPSA) is 14.1 Å². The summed E-state index contributed by atoms with van der Waals surface area (Å²) in [7, 11) is 0. The third-order valence-corrected chi connectivity index (χ3v) is 1.78. The Kier molecular flexibility index (Phi) is 5.29. The predicted octanol–water partition coefficient (Wildman–Crippen LogP) is 2.34. The maximum atomic E-state index is 4.23. The van der Waals surface area contributed by atoms with Gasteiger partial charge in [-0.15, -0.1) is 19.2 Å². The van der Waals surface area contributed by atoms with Gasteiger partial charge in [0.2, 0.25) is 0 Å². The Morgan fingerprint density at radius 2 is 2.20 bits per heavy atom. The number of hydrogen-bond acceptors (Lipinski definition) is 0. The van der Waals surface area contributed by atoms with Crippen molar-refractivity contribution in [3.8, 4) is 0 Å². The molecule has 0 spiro atoms. The summed E-state index contributed by atoms with van der Waals surface area (Å²) in [6, 6.07) is 0. The fraction of sp³-hybridized carbons (Fsp3) is 0.750. The van der Waals surface area contributed by atoms with Gasteiger partial charge in [0.15, 0.2) is 0 Å². The van der Waals surface area contributed by atoms with Crippen LogP contribution < -0.4 is 0 Å². The van der Waals surface area contributed by atoms with E-state index in [9.17, 15) is 0 Å². The van der Waals surface area contributed by atoms with E-state index in [-0.39, 0.29) is 21.1 Å². The van der Waals surface area contributed by atoms with Gasteiger partial charge in [0.05, 0.1) is 0 Å². The zero-order valence-electron chi connectivity index (χ0n) is 6.63. The Labute approximate surface area is 77.5 Å². The molecule has 0 atom stereocenters. The van der Waals surface area contributed by atoms with Gasteiger partial charge < -0.3 is 5.32 Å². The van der Waals surface area contributed by atoms with Crippen LogP contribution in [0.3, 0.4) is 0 Å². The fourth-order valence-electron chi connectivity index (χ4n) is 1.11. The first-order chi connectivity index (χ1) is 4.30. The van der Waals surface area contributed by atoms with Crippen molar-refractivity contribution in [2.24, 2.45) is 5.92 Å². The smallest absolute Gasteiger partial charge is 0 e. The molecule has 0 N–H and O–H groups in total. The van der Waals surface area contributed by atoms with Gasteiger partial charge in [0, 0.05) is 21.1 Å². The number of hydrogen-bond donors (Lipinski definition) is 0. The first kappa shape index (κ1) is 10.4. The molecular formula is C8H14NW-. The van der Waals surface area contributed by atoms with E-state index in [0.29, 0.717) is 0 Å². The molecule has 0 aromatic heterocycles. The van der Waals surface area contributed by atoms with Crippen LogP contribution in [0.1, 0.15) is 20.3 Å². The monoisotopic (exact) mass is 308 g/mol. The average Bonchev–Trinajstić information content (AvgIpc) is 1.90. The van der Waals surface area contributed by atoms with Crippen LogP contribution >= 0.6 is 0 Å². The molecule has 1 aliphatic heterocycles. The van der Waals surface area contributed by atoms with Crippen molar-refractivity contribution in [3.05, 3.63) is 17.0 Å². The third kappa shape index (κ3) is 2.98. The third-order valence-electron chi connectivity index (χ3n) is 1.78. The van der Waals surface area contributed by atoms with Gasteiger partial charge in [-0.1, -0.05) is 25.8 Å². The molecule has 0 unspecified atom stereocenters. The van der Waals surface area contributed by atoms with Crippen molar-refractivity contribution >= 4 is 0 Å². The molecule has 0 saturated carbocycles. The second-order valence-corrected chi connectivity index (χ2v) is 2.81. The molecule has 58 valence electrons. The van der Waals surface area contributed by atoms with Crippen molar-refractivity contribution in [2.75, 3.05) is 13.1 Å². The average molecular weight is 308 g/mol. The van der Waals surface area contributed by atoms with Gasteiger partial charge in [-0.05, 0) is 5.92 Å². The van der Waals surface area contributed by atoms with E-state index < -0.39 is 0 Å². The van der Waals surface area contributed by atoms with Crippen LogP contribution in [0.15, 0.2) is 11.6 Å². The Bertz CT molecular complexity index is 118. The van der Waals surface area contributed by atoms with E-state index >= 15 is 0 Å². The van der Waals surface area contributed by atoms with E-state index in [1.54, 1.807) is 5.57 Å². The molecule has 0 aromatic carbocycles. The molecule has 2 heteroatoms. The molecule has 0 saturated heterocycles. The van der Waals surface area contributed by atoms with Gasteiger partial charge in [0.25, 0.3) is 0 Å². The van der Waals surface area contributed by atoms with Crippen LogP contribution in [0.25, 0.3) is 5.32 Å². The molecule has 0 fully saturated rings. The molecule has 1 heterocycles. The van der Waals surface area contributed by atoms with Gasteiger partial charge >= 0.3 is 0 Å². The normalized spacial score (nSPS) is 18.1. The van der Waals surface area contributed by atoms with Gasteiger partial charge in [-0.2, -0.15) is 0 Å². The Morgan fingerprint density at radius 3 is 2.50 bits per heavy atom. The summed E-state index contributed by atoms with van der Waals surface area (Å²) in [5.74, 6) is 0.737. The summed E-state index contributed by atoms with van der Waals surface area (Å²) in [6.07, 6.45) is 3.45. The molecule has 0 amide bonds. The minimum atomic E-state index is 0. The molecule has 0 aliphatic carbocycles. The minimum Gasteiger partial charge on any atom is -0.659 e. The van der Waals surface area contributed by atoms with Crippen molar-refractivity contribution in [1.82, 2.24) is 0 Å². The van der Waals surface area contributed by atoms with Crippen molar-refractivity contribution in [1.29, 1.82) is 0 Å². The predicted molar refractivity (Wildman–Crippen MR) is 40.6 cm³/mol. The van der Waals surface area contributed by atoms with Gasteiger partial charge in [-0.25, -0.2) is 0 Å². The van der Waals surface area contributed by atoms with Gasteiger partial charge in [-0.3, -0.25) is 0 Å². The van der Waals surface area contributed by atoms with Crippen LogP contribution in [0.2, 0.25) is 0 Å². The summed E-state index contributed by atoms with van der Waals surface area (Å²) < 4.78 is 0. The standard InChI is InChI=1S/C8H14N.W/c1-7(2)8-3-5-9-6-4-8;/h3,7H,4-6H2,1-2H3;/q-1;. The van der Waals surface area contributed by atoms with Gasteiger partial charge in [0.1, 0.15) is 0 Å². The summed E-state index contributed by atoms with van der Waals surface area (Å²) in [5.41, 5.74) is 1.59. The van der Waals surface area contributed by atoms with Crippen molar-refractivity contribution in [2.45, 2.75) is 20.3 Å². The Balaban J connectivity index is 0.000000810. The van der Waals surface area contributed by atoms with Crippen molar-refractivity contribution < 1.29 is 21.1 Å². The van der Waals surface area contributed by atoms with Crippen LogP contribution in [-0.4, -0.2) is 13.1 Å². The fourth-order valence-corrected chi connectivity index (χ4v) is 1.11. The van der Waals surface area contributed by atoms with Crippen LogP contribution in [0.5, 0.6) is 0 Å². The van der Waals surface area contributed by atoms with Crippen molar-refractivity contribution in [3.63, 3.8) is 0 Å². The Morgan fingerprint density at radius 1 is 1.50 bits per heavy atom. The summed E-state index contributed by atoms with van der Waals surface area (Å²) in [5, 5.41) is 4.23. The molecular weight excluding hydrogens is 294 g/mol. The van der Waals surface area contributed by atoms with E-state index in [1.165, 1.54) is 6.42 Å². The number of rotatable bonds is 1. The minimum absolute atomic E-state index is 0. The summed E-state index contributed by atoms with van der Waals surface area (Å²) >= 11 is 0. The first-order valence-corrected chi connectivity index (χ1v) is 3.63. The van der Waals surface area contributed by atoms with Crippen LogP contribution in [-0.2, 0) is 21.1 Å². The second-order valence-electron chi connectivity index (χ2n) is 2.81. The van der Waals surface area contributed by atoms with E-state index in [0.717, 1.165) is 19.0 Å². The van der Waals surface area contributed by atoms with Crippen LogP contribution in [0, 0.1) is 5.92 Å². The SMILES string of the molecule is CC(C)C1=CC[N-]CC1.[W]. The quantitative estimate of drug-likeness (QED) is 0.660. The largest absolute Gasteiger partial charge is 0.659 e. The van der Waals surface area contributed by atoms with E-state index in [1.807, 2.05) is 0 Å². The van der Waals surface area contributed by atoms with E-state index in [4.69, 9.17) is 0 Å². The molecule has 1 rings (SSSR count). The zero-order chi connectivity index (χ0) is 6.69. The molecule has 0 radical (unpaired) electrons. The molecule has 1 nitrogen and oxygen atoms in total. The van der Waals surface area contributed by atoms with E-state index in [2.05, 4.69) is 25.2 Å². The zero-order valence-corrected chi connectivity index (χ0v) is 9.56. The number of nitrogens with zero attached hydrogens (tertiary/aromatic N) is 1. The molecule has 10 heavy (non-hydrogen) atoms. The Hall–Kier alpha value is 0.388. The first-order valence-electron chi connectivity index (χ1n) is 3.63. The molecule has 1 aliphatic rings. The maximum absolute atomic E-state index is 4.23. The molecule has 0 bridgehead atoms.